The maximum absolute atomic E-state index is 5.56. The van der Waals surface area contributed by atoms with Gasteiger partial charge in [-0.3, -0.25) is 0 Å². The molecule has 0 saturated heterocycles. The van der Waals surface area contributed by atoms with Gasteiger partial charge < -0.3 is 14.6 Å². The zero-order valence-corrected chi connectivity index (χ0v) is 8.12. The van der Waals surface area contributed by atoms with Crippen molar-refractivity contribution < 1.29 is 8.85 Å². The van der Waals surface area contributed by atoms with E-state index in [1.807, 2.05) is 6.92 Å². The lowest BCUT2D eigenvalue weighted by atomic mass is 10.3. The summed E-state index contributed by atoms with van der Waals surface area (Å²) in [6.45, 7) is 2.00. The molecule has 0 bridgehead atoms. The smallest absolute Gasteiger partial charge is 0.320 e. The molecule has 0 saturated carbocycles. The van der Waals surface area contributed by atoms with Crippen LogP contribution in [0.5, 0.6) is 0 Å². The first-order valence-corrected chi connectivity index (χ1v) is 5.27. The van der Waals surface area contributed by atoms with E-state index in [9.17, 15) is 0 Å². The van der Waals surface area contributed by atoms with E-state index in [1.54, 1.807) is 14.2 Å². The Morgan fingerprint density at radius 2 is 1.90 bits per heavy atom. The fourth-order valence-electron chi connectivity index (χ4n) is 0.731. The van der Waals surface area contributed by atoms with Gasteiger partial charge in [0.2, 0.25) is 0 Å². The Morgan fingerprint density at radius 3 is 2.20 bits per heavy atom. The van der Waals surface area contributed by atoms with Crippen LogP contribution in [0, 0.1) is 0 Å². The van der Waals surface area contributed by atoms with Crippen molar-refractivity contribution in [3.05, 3.63) is 0 Å². The fourth-order valence-corrected chi connectivity index (χ4v) is 2.19. The first-order valence-electron chi connectivity index (χ1n) is 3.52. The summed E-state index contributed by atoms with van der Waals surface area (Å²) in [5.41, 5.74) is 5.56. The summed E-state index contributed by atoms with van der Waals surface area (Å²) in [7, 11) is 2.06. The number of hydrogen-bond acceptors (Lipinski definition) is 3. The topological polar surface area (TPSA) is 44.5 Å². The van der Waals surface area contributed by atoms with Gasteiger partial charge in [0.1, 0.15) is 0 Å². The summed E-state index contributed by atoms with van der Waals surface area (Å²) in [5.74, 6) is 0. The molecule has 1 unspecified atom stereocenters. The molecule has 0 aromatic carbocycles. The Hall–Kier alpha value is 0.0969. The summed E-state index contributed by atoms with van der Waals surface area (Å²) in [5, 5.41) is 0. The van der Waals surface area contributed by atoms with E-state index in [1.165, 1.54) is 0 Å². The van der Waals surface area contributed by atoms with Crippen molar-refractivity contribution >= 4 is 9.28 Å². The first-order chi connectivity index (χ1) is 4.70. The molecule has 10 heavy (non-hydrogen) atoms. The third-order valence-electron chi connectivity index (χ3n) is 1.38. The van der Waals surface area contributed by atoms with Crippen LogP contribution in [0.4, 0.5) is 0 Å². The lowest BCUT2D eigenvalue weighted by molar-refractivity contribution is 0.275. The van der Waals surface area contributed by atoms with Crippen LogP contribution in [0.3, 0.4) is 0 Å². The molecule has 1 atom stereocenters. The molecule has 0 aliphatic carbocycles. The highest BCUT2D eigenvalue weighted by Crippen LogP contribution is 2.00. The molecule has 0 radical (unpaired) electrons. The van der Waals surface area contributed by atoms with Gasteiger partial charge in [-0.05, 0) is 19.4 Å². The maximum atomic E-state index is 5.56. The van der Waals surface area contributed by atoms with E-state index < -0.39 is 9.28 Å². The van der Waals surface area contributed by atoms with Gasteiger partial charge >= 0.3 is 9.28 Å². The van der Waals surface area contributed by atoms with Crippen LogP contribution in [0.25, 0.3) is 0 Å². The molecule has 0 fully saturated rings. The van der Waals surface area contributed by atoms with Gasteiger partial charge in [0.05, 0.1) is 0 Å². The zero-order chi connectivity index (χ0) is 7.98. The van der Waals surface area contributed by atoms with Gasteiger partial charge in [0.25, 0.3) is 0 Å². The quantitative estimate of drug-likeness (QED) is 0.590. The molecule has 0 aromatic rings. The van der Waals surface area contributed by atoms with Gasteiger partial charge in [0.15, 0.2) is 0 Å². The average molecular weight is 163 g/mol. The number of nitrogens with two attached hydrogens (primary N) is 1. The molecule has 0 rings (SSSR count). The van der Waals surface area contributed by atoms with E-state index in [0.29, 0.717) is 0 Å². The molecular weight excluding hydrogens is 146 g/mol. The Morgan fingerprint density at radius 1 is 1.40 bits per heavy atom. The third kappa shape index (κ3) is 4.93. The van der Waals surface area contributed by atoms with Crippen molar-refractivity contribution in [1.29, 1.82) is 0 Å². The van der Waals surface area contributed by atoms with Gasteiger partial charge in [0, 0.05) is 20.3 Å². The van der Waals surface area contributed by atoms with Crippen LogP contribution < -0.4 is 5.73 Å². The maximum Gasteiger partial charge on any atom is 0.320 e. The minimum absolute atomic E-state index is 0.264. The molecule has 0 aliphatic heterocycles. The predicted octanol–water partition coefficient (Wildman–Crippen LogP) is 0.237. The van der Waals surface area contributed by atoms with Crippen LogP contribution in [0.1, 0.15) is 13.3 Å². The summed E-state index contributed by atoms with van der Waals surface area (Å²) in [6, 6.07) is 1.27. The summed E-state index contributed by atoms with van der Waals surface area (Å²) in [4.78, 5) is 0. The first kappa shape index (κ1) is 10.1. The van der Waals surface area contributed by atoms with Gasteiger partial charge in [-0.25, -0.2) is 0 Å². The molecule has 4 heteroatoms. The lowest BCUT2D eigenvalue weighted by Gasteiger charge is -2.11. The minimum Gasteiger partial charge on any atom is -0.400 e. The Labute approximate surface area is 64.4 Å². The predicted molar refractivity (Wildman–Crippen MR) is 44.2 cm³/mol. The van der Waals surface area contributed by atoms with Crippen LogP contribution in [0.2, 0.25) is 6.04 Å². The normalized spacial score (nSPS) is 14.1. The Balaban J connectivity index is 3.26. The molecule has 0 heterocycles. The van der Waals surface area contributed by atoms with E-state index in [2.05, 4.69) is 0 Å². The van der Waals surface area contributed by atoms with Gasteiger partial charge in [-0.2, -0.15) is 0 Å². The summed E-state index contributed by atoms with van der Waals surface area (Å²) < 4.78 is 10.2. The van der Waals surface area contributed by atoms with Crippen molar-refractivity contribution in [2.45, 2.75) is 25.4 Å². The molecule has 0 spiro atoms. The van der Waals surface area contributed by atoms with Crippen molar-refractivity contribution in [3.8, 4) is 0 Å². The summed E-state index contributed by atoms with van der Waals surface area (Å²) in [6.07, 6.45) is 0.999. The Bertz CT molecular complexity index is 76.1. The van der Waals surface area contributed by atoms with E-state index >= 15 is 0 Å². The highest BCUT2D eigenvalue weighted by Gasteiger charge is 2.09. The number of rotatable bonds is 5. The average Bonchev–Trinajstić information content (AvgIpc) is 1.90. The van der Waals surface area contributed by atoms with E-state index in [-0.39, 0.29) is 6.04 Å². The molecule has 2 N–H and O–H groups in total. The SMILES string of the molecule is CO[SiH](CCC(C)N)OC. The van der Waals surface area contributed by atoms with Crippen molar-refractivity contribution in [1.82, 2.24) is 0 Å². The Kier molecular flexibility index (Phi) is 5.91. The highest BCUT2D eigenvalue weighted by atomic mass is 28.3. The van der Waals surface area contributed by atoms with Crippen LogP contribution in [-0.2, 0) is 8.85 Å². The molecule has 3 nitrogen and oxygen atoms in total. The van der Waals surface area contributed by atoms with Crippen molar-refractivity contribution in [3.63, 3.8) is 0 Å². The van der Waals surface area contributed by atoms with E-state index in [0.717, 1.165) is 12.5 Å². The van der Waals surface area contributed by atoms with Crippen LogP contribution in [-0.4, -0.2) is 29.5 Å². The van der Waals surface area contributed by atoms with Crippen molar-refractivity contribution in [2.24, 2.45) is 5.73 Å². The van der Waals surface area contributed by atoms with Crippen LogP contribution in [0.15, 0.2) is 0 Å². The second kappa shape index (κ2) is 5.85. The molecule has 0 amide bonds. The second-order valence-corrected chi connectivity index (χ2v) is 4.83. The third-order valence-corrected chi connectivity index (χ3v) is 3.24. The molecule has 0 aromatic heterocycles. The van der Waals surface area contributed by atoms with Gasteiger partial charge in [-0.1, -0.05) is 0 Å². The largest absolute Gasteiger partial charge is 0.400 e. The fraction of sp³-hybridized carbons (Fsp3) is 1.00. The van der Waals surface area contributed by atoms with Crippen LogP contribution >= 0.6 is 0 Å². The molecular formula is C6H17NO2Si. The zero-order valence-electron chi connectivity index (χ0n) is 6.96. The standard InChI is InChI=1S/C6H17NO2Si/c1-6(7)4-5-10(8-2)9-3/h6,10H,4-5,7H2,1-3H3. The van der Waals surface area contributed by atoms with E-state index in [4.69, 9.17) is 14.6 Å². The second-order valence-electron chi connectivity index (χ2n) is 2.46. The lowest BCUT2D eigenvalue weighted by Crippen LogP contribution is -2.23. The van der Waals surface area contributed by atoms with Gasteiger partial charge in [-0.15, -0.1) is 0 Å². The highest BCUT2D eigenvalue weighted by molar-refractivity contribution is 6.44. The molecule has 62 valence electrons. The molecule has 0 aliphatic rings. The summed E-state index contributed by atoms with van der Waals surface area (Å²) >= 11 is 0. The monoisotopic (exact) mass is 163 g/mol. The van der Waals surface area contributed by atoms with Crippen molar-refractivity contribution in [2.75, 3.05) is 14.2 Å². The minimum atomic E-state index is -1.33. The number of hydrogen-bond donors (Lipinski definition) is 1.